The number of benzene rings is 1. The number of carbonyl (C=O) groups excluding carboxylic acids is 2. The molecule has 2 N–H and O–H groups in total. The summed E-state index contributed by atoms with van der Waals surface area (Å²) in [6.07, 6.45) is 1.49. The molecule has 0 aliphatic carbocycles. The van der Waals surface area contributed by atoms with Crippen molar-refractivity contribution in [1.29, 1.82) is 0 Å². The molecule has 1 saturated heterocycles. The lowest BCUT2D eigenvalue weighted by Crippen LogP contribution is -2.51. The molecule has 0 spiro atoms. The summed E-state index contributed by atoms with van der Waals surface area (Å²) in [5.41, 5.74) is 0.695. The van der Waals surface area contributed by atoms with E-state index in [4.69, 9.17) is 0 Å². The fourth-order valence-electron chi connectivity index (χ4n) is 3.27. The Labute approximate surface area is 165 Å². The third-order valence-electron chi connectivity index (χ3n) is 4.61. The first kappa shape index (κ1) is 18.6. The maximum atomic E-state index is 12.8. The summed E-state index contributed by atoms with van der Waals surface area (Å²) in [5, 5.41) is 8.06. The number of amides is 2. The highest BCUT2D eigenvalue weighted by molar-refractivity contribution is 7.91. The number of sulfone groups is 1. The van der Waals surface area contributed by atoms with Crippen LogP contribution in [0.3, 0.4) is 0 Å². The van der Waals surface area contributed by atoms with Gasteiger partial charge >= 0.3 is 0 Å². The average Bonchev–Trinajstić information content (AvgIpc) is 3.23. The number of nitrogens with zero attached hydrogens (tertiary/aromatic N) is 1. The minimum Gasteiger partial charge on any atom is -0.346 e. The van der Waals surface area contributed by atoms with Crippen LogP contribution in [0.4, 0.5) is 0 Å². The third kappa shape index (κ3) is 3.76. The molecule has 2 aromatic heterocycles. The normalized spacial score (nSPS) is 20.7. The first-order chi connectivity index (χ1) is 13.4. The number of hydrogen-bond donors (Lipinski definition) is 2. The van der Waals surface area contributed by atoms with Gasteiger partial charge in [0.15, 0.2) is 9.84 Å². The Balaban J connectivity index is 1.53. The predicted molar refractivity (Wildman–Crippen MR) is 107 cm³/mol. The summed E-state index contributed by atoms with van der Waals surface area (Å²) in [6.45, 7) is 0. The molecule has 144 valence electrons. The summed E-state index contributed by atoms with van der Waals surface area (Å²) in [6, 6.07) is 11.0. The summed E-state index contributed by atoms with van der Waals surface area (Å²) in [7, 11) is -3.38. The van der Waals surface area contributed by atoms with Gasteiger partial charge in [0, 0.05) is 21.7 Å². The number of carbonyl (C=O) groups is 2. The van der Waals surface area contributed by atoms with Crippen LogP contribution < -0.4 is 10.6 Å². The predicted octanol–water partition coefficient (Wildman–Crippen LogP) is 1.62. The van der Waals surface area contributed by atoms with Crippen LogP contribution in [-0.4, -0.2) is 48.8 Å². The maximum Gasteiger partial charge on any atom is 0.270 e. The Morgan fingerprint density at radius 2 is 1.64 bits per heavy atom. The van der Waals surface area contributed by atoms with Crippen LogP contribution in [0.15, 0.2) is 54.0 Å². The smallest absolute Gasteiger partial charge is 0.270 e. The molecule has 0 unspecified atom stereocenters. The van der Waals surface area contributed by atoms with Gasteiger partial charge in [0.1, 0.15) is 5.69 Å². The molecule has 0 saturated carbocycles. The van der Waals surface area contributed by atoms with Crippen LogP contribution in [0, 0.1) is 0 Å². The SMILES string of the molecule is O=C(N[C@@H]1CS(=O)(=O)C[C@H]1NC(=O)c1csc2ccccc12)c1ccccn1. The van der Waals surface area contributed by atoms with Crippen molar-refractivity contribution < 1.29 is 18.0 Å². The number of fused-ring (bicyclic) bond motifs is 1. The van der Waals surface area contributed by atoms with Crippen molar-refractivity contribution in [3.63, 3.8) is 0 Å². The third-order valence-corrected chi connectivity index (χ3v) is 7.31. The van der Waals surface area contributed by atoms with Crippen molar-refractivity contribution in [3.8, 4) is 0 Å². The molecular weight excluding hydrogens is 398 g/mol. The Bertz CT molecular complexity index is 1140. The Morgan fingerprint density at radius 3 is 2.36 bits per heavy atom. The van der Waals surface area contributed by atoms with Gasteiger partial charge in [-0.05, 0) is 18.2 Å². The second-order valence-corrected chi connectivity index (χ2v) is 9.66. The van der Waals surface area contributed by atoms with Crippen LogP contribution in [-0.2, 0) is 9.84 Å². The van der Waals surface area contributed by atoms with E-state index in [1.807, 2.05) is 24.3 Å². The van der Waals surface area contributed by atoms with E-state index < -0.39 is 27.8 Å². The fraction of sp³-hybridized carbons (Fsp3) is 0.211. The lowest BCUT2D eigenvalue weighted by molar-refractivity contribution is 0.0895. The van der Waals surface area contributed by atoms with Crippen molar-refractivity contribution in [2.24, 2.45) is 0 Å². The number of nitrogens with one attached hydrogen (secondary N) is 2. The van der Waals surface area contributed by atoms with Crippen LogP contribution in [0.2, 0.25) is 0 Å². The monoisotopic (exact) mass is 415 g/mol. The molecule has 1 aliphatic heterocycles. The summed E-state index contributed by atoms with van der Waals surface area (Å²) >= 11 is 1.45. The van der Waals surface area contributed by atoms with Gasteiger partial charge in [0.2, 0.25) is 0 Å². The zero-order valence-corrected chi connectivity index (χ0v) is 16.3. The van der Waals surface area contributed by atoms with Crippen molar-refractivity contribution in [2.75, 3.05) is 11.5 Å². The Hall–Kier alpha value is -2.78. The molecule has 9 heteroatoms. The standard InChI is InChI=1S/C19H17N3O4S2/c23-18(13-9-27-17-7-2-1-5-12(13)17)21-15-10-28(25,26)11-16(15)22-19(24)14-6-3-4-8-20-14/h1-9,15-16H,10-11H2,(H,21,23)(H,22,24)/t15-,16-/m1/s1. The molecule has 4 rings (SSSR count). The van der Waals surface area contributed by atoms with E-state index >= 15 is 0 Å². The maximum absolute atomic E-state index is 12.8. The van der Waals surface area contributed by atoms with E-state index in [0.717, 1.165) is 10.1 Å². The molecule has 0 bridgehead atoms. The molecule has 3 aromatic rings. The van der Waals surface area contributed by atoms with Crippen LogP contribution in [0.1, 0.15) is 20.8 Å². The zero-order valence-electron chi connectivity index (χ0n) is 14.7. The molecule has 28 heavy (non-hydrogen) atoms. The number of hydrogen-bond acceptors (Lipinski definition) is 6. The lowest BCUT2D eigenvalue weighted by atomic mass is 10.1. The lowest BCUT2D eigenvalue weighted by Gasteiger charge is -2.20. The van der Waals surface area contributed by atoms with Crippen molar-refractivity contribution >= 4 is 43.1 Å². The van der Waals surface area contributed by atoms with Crippen LogP contribution in [0.5, 0.6) is 0 Å². The summed E-state index contributed by atoms with van der Waals surface area (Å²) in [4.78, 5) is 29.1. The Morgan fingerprint density at radius 1 is 0.964 bits per heavy atom. The number of rotatable bonds is 4. The average molecular weight is 415 g/mol. The van der Waals surface area contributed by atoms with Crippen molar-refractivity contribution in [1.82, 2.24) is 15.6 Å². The van der Waals surface area contributed by atoms with E-state index in [-0.39, 0.29) is 23.1 Å². The Kier molecular flexibility index (Phi) is 4.86. The highest BCUT2D eigenvalue weighted by Gasteiger charge is 2.40. The second-order valence-electron chi connectivity index (χ2n) is 6.60. The van der Waals surface area contributed by atoms with E-state index in [0.29, 0.717) is 5.56 Å². The number of thiophene rings is 1. The van der Waals surface area contributed by atoms with Gasteiger partial charge in [-0.15, -0.1) is 11.3 Å². The molecule has 2 amide bonds. The van der Waals surface area contributed by atoms with Gasteiger partial charge in [-0.1, -0.05) is 24.3 Å². The van der Waals surface area contributed by atoms with E-state index in [1.165, 1.54) is 17.5 Å². The molecule has 1 fully saturated rings. The van der Waals surface area contributed by atoms with Crippen LogP contribution in [0.25, 0.3) is 10.1 Å². The minimum atomic E-state index is -3.38. The molecule has 1 aliphatic rings. The molecule has 3 heterocycles. The highest BCUT2D eigenvalue weighted by Crippen LogP contribution is 2.26. The molecule has 7 nitrogen and oxygen atoms in total. The number of aromatic nitrogens is 1. The van der Waals surface area contributed by atoms with Crippen LogP contribution >= 0.6 is 11.3 Å². The highest BCUT2D eigenvalue weighted by atomic mass is 32.2. The summed E-state index contributed by atoms with van der Waals surface area (Å²) in [5.74, 6) is -1.26. The van der Waals surface area contributed by atoms with Gasteiger partial charge in [-0.25, -0.2) is 8.42 Å². The van der Waals surface area contributed by atoms with Gasteiger partial charge in [0.25, 0.3) is 11.8 Å². The first-order valence-corrected chi connectivity index (χ1v) is 11.3. The van der Waals surface area contributed by atoms with Gasteiger partial charge in [-0.3, -0.25) is 14.6 Å². The van der Waals surface area contributed by atoms with Gasteiger partial charge in [0.05, 0.1) is 29.2 Å². The fourth-order valence-corrected chi connectivity index (χ4v) is 6.07. The molecule has 0 radical (unpaired) electrons. The zero-order chi connectivity index (χ0) is 19.7. The largest absolute Gasteiger partial charge is 0.346 e. The molecular formula is C19H17N3O4S2. The molecule has 1 aromatic carbocycles. The van der Waals surface area contributed by atoms with Crippen molar-refractivity contribution in [2.45, 2.75) is 12.1 Å². The second kappa shape index (κ2) is 7.33. The first-order valence-electron chi connectivity index (χ1n) is 8.62. The van der Waals surface area contributed by atoms with Crippen molar-refractivity contribution in [3.05, 3.63) is 65.3 Å². The molecule has 2 atom stereocenters. The minimum absolute atomic E-state index is 0.195. The van der Waals surface area contributed by atoms with E-state index in [2.05, 4.69) is 15.6 Å². The summed E-state index contributed by atoms with van der Waals surface area (Å²) < 4.78 is 25.2. The topological polar surface area (TPSA) is 105 Å². The quantitative estimate of drug-likeness (QED) is 0.674. The van der Waals surface area contributed by atoms with E-state index in [9.17, 15) is 18.0 Å². The van der Waals surface area contributed by atoms with Gasteiger partial charge < -0.3 is 10.6 Å². The van der Waals surface area contributed by atoms with Gasteiger partial charge in [-0.2, -0.15) is 0 Å². The number of pyridine rings is 1. The van der Waals surface area contributed by atoms with E-state index in [1.54, 1.807) is 23.6 Å².